The molecule has 112 valence electrons. The minimum atomic E-state index is -0.213. The lowest BCUT2D eigenvalue weighted by Gasteiger charge is -2.38. The molecule has 0 aromatic rings. The molecular weight excluding hydrogens is 242 g/mol. The SMILES string of the molecule is CCOC(=O)C(CN1CCN(C(C)CC)CC1)NC. The summed E-state index contributed by atoms with van der Waals surface area (Å²) in [7, 11) is 1.82. The van der Waals surface area contributed by atoms with Crippen LogP contribution in [0.5, 0.6) is 0 Å². The molecule has 1 saturated heterocycles. The molecule has 2 atom stereocenters. The maximum absolute atomic E-state index is 11.7. The van der Waals surface area contributed by atoms with Crippen molar-refractivity contribution in [3.63, 3.8) is 0 Å². The van der Waals surface area contributed by atoms with Crippen molar-refractivity contribution in [2.24, 2.45) is 0 Å². The second kappa shape index (κ2) is 8.51. The van der Waals surface area contributed by atoms with E-state index in [-0.39, 0.29) is 12.0 Å². The molecule has 5 heteroatoms. The zero-order chi connectivity index (χ0) is 14.3. The van der Waals surface area contributed by atoms with Crippen LogP contribution in [0.3, 0.4) is 0 Å². The van der Waals surface area contributed by atoms with Crippen molar-refractivity contribution in [1.82, 2.24) is 15.1 Å². The van der Waals surface area contributed by atoms with Crippen LogP contribution >= 0.6 is 0 Å². The van der Waals surface area contributed by atoms with Crippen molar-refractivity contribution in [3.8, 4) is 0 Å². The van der Waals surface area contributed by atoms with Crippen molar-refractivity contribution in [2.45, 2.75) is 39.3 Å². The van der Waals surface area contributed by atoms with Crippen LogP contribution in [-0.2, 0) is 9.53 Å². The third kappa shape index (κ3) is 5.09. The highest BCUT2D eigenvalue weighted by atomic mass is 16.5. The van der Waals surface area contributed by atoms with E-state index in [0.717, 1.165) is 32.7 Å². The summed E-state index contributed by atoms with van der Waals surface area (Å²) in [5.74, 6) is -0.144. The highest BCUT2D eigenvalue weighted by molar-refractivity contribution is 5.76. The fourth-order valence-electron chi connectivity index (χ4n) is 2.43. The summed E-state index contributed by atoms with van der Waals surface area (Å²) in [6.45, 7) is 11.8. The number of hydrogen-bond acceptors (Lipinski definition) is 5. The van der Waals surface area contributed by atoms with Gasteiger partial charge in [0.05, 0.1) is 6.61 Å². The van der Waals surface area contributed by atoms with E-state index in [1.54, 1.807) is 0 Å². The van der Waals surface area contributed by atoms with E-state index in [1.165, 1.54) is 6.42 Å². The van der Waals surface area contributed by atoms with Gasteiger partial charge in [0.15, 0.2) is 0 Å². The van der Waals surface area contributed by atoms with Crippen LogP contribution in [0.15, 0.2) is 0 Å². The summed E-state index contributed by atoms with van der Waals surface area (Å²) in [4.78, 5) is 16.6. The molecule has 1 aliphatic heterocycles. The lowest BCUT2D eigenvalue weighted by molar-refractivity contribution is -0.146. The van der Waals surface area contributed by atoms with Crippen LogP contribution < -0.4 is 5.32 Å². The van der Waals surface area contributed by atoms with Gasteiger partial charge < -0.3 is 10.1 Å². The Labute approximate surface area is 117 Å². The molecule has 19 heavy (non-hydrogen) atoms. The van der Waals surface area contributed by atoms with Gasteiger partial charge in [-0.25, -0.2) is 0 Å². The largest absolute Gasteiger partial charge is 0.465 e. The number of piperazine rings is 1. The molecule has 1 heterocycles. The Morgan fingerprint density at radius 2 is 1.89 bits per heavy atom. The summed E-state index contributed by atoms with van der Waals surface area (Å²) in [6, 6.07) is 0.447. The zero-order valence-corrected chi connectivity index (χ0v) is 12.8. The average Bonchev–Trinajstić information content (AvgIpc) is 2.44. The van der Waals surface area contributed by atoms with Crippen LogP contribution in [0.4, 0.5) is 0 Å². The van der Waals surface area contributed by atoms with Crippen LogP contribution in [0.1, 0.15) is 27.2 Å². The maximum Gasteiger partial charge on any atom is 0.324 e. The molecule has 0 saturated carbocycles. The lowest BCUT2D eigenvalue weighted by Crippen LogP contribution is -2.54. The summed E-state index contributed by atoms with van der Waals surface area (Å²) in [5, 5.41) is 3.05. The maximum atomic E-state index is 11.7. The molecule has 1 fully saturated rings. The van der Waals surface area contributed by atoms with Gasteiger partial charge in [0.2, 0.25) is 0 Å². The molecule has 0 radical (unpaired) electrons. The van der Waals surface area contributed by atoms with Gasteiger partial charge in [-0.1, -0.05) is 6.92 Å². The molecule has 2 unspecified atom stereocenters. The van der Waals surface area contributed by atoms with Gasteiger partial charge in [-0.05, 0) is 27.3 Å². The molecule has 1 N–H and O–H groups in total. The molecule has 0 aromatic carbocycles. The Balaban J connectivity index is 2.36. The third-order valence-electron chi connectivity index (χ3n) is 3.98. The van der Waals surface area contributed by atoms with Gasteiger partial charge in [0, 0.05) is 38.8 Å². The highest BCUT2D eigenvalue weighted by Gasteiger charge is 2.25. The zero-order valence-electron chi connectivity index (χ0n) is 12.8. The van der Waals surface area contributed by atoms with E-state index in [4.69, 9.17) is 4.74 Å². The van der Waals surface area contributed by atoms with E-state index in [0.29, 0.717) is 12.6 Å². The van der Waals surface area contributed by atoms with Gasteiger partial charge in [-0.3, -0.25) is 14.6 Å². The molecule has 0 bridgehead atoms. The number of nitrogens with zero attached hydrogens (tertiary/aromatic N) is 2. The van der Waals surface area contributed by atoms with Crippen LogP contribution in [-0.4, -0.2) is 74.2 Å². The van der Waals surface area contributed by atoms with Crippen molar-refractivity contribution >= 4 is 5.97 Å². The average molecular weight is 271 g/mol. The minimum absolute atomic E-state index is 0.144. The number of nitrogens with one attached hydrogen (secondary N) is 1. The van der Waals surface area contributed by atoms with Gasteiger partial charge in [0.1, 0.15) is 6.04 Å². The molecule has 0 amide bonds. The van der Waals surface area contributed by atoms with Crippen molar-refractivity contribution in [1.29, 1.82) is 0 Å². The number of carbonyl (C=O) groups excluding carboxylic acids is 1. The van der Waals surface area contributed by atoms with Crippen molar-refractivity contribution < 1.29 is 9.53 Å². The van der Waals surface area contributed by atoms with E-state index in [9.17, 15) is 4.79 Å². The second-order valence-electron chi connectivity index (χ2n) is 5.19. The molecule has 1 aliphatic rings. The number of esters is 1. The summed E-state index contributed by atoms with van der Waals surface area (Å²) >= 11 is 0. The van der Waals surface area contributed by atoms with E-state index in [1.807, 2.05) is 14.0 Å². The van der Waals surface area contributed by atoms with Crippen LogP contribution in [0, 0.1) is 0 Å². The number of likely N-dealkylation sites (N-methyl/N-ethyl adjacent to an activating group) is 1. The number of rotatable bonds is 7. The molecular formula is C14H29N3O2. The molecule has 5 nitrogen and oxygen atoms in total. The van der Waals surface area contributed by atoms with E-state index in [2.05, 4.69) is 29.0 Å². The first-order valence-corrected chi connectivity index (χ1v) is 7.42. The van der Waals surface area contributed by atoms with Crippen LogP contribution in [0.25, 0.3) is 0 Å². The Morgan fingerprint density at radius 3 is 2.37 bits per heavy atom. The topological polar surface area (TPSA) is 44.8 Å². The second-order valence-corrected chi connectivity index (χ2v) is 5.19. The Kier molecular flexibility index (Phi) is 7.34. The molecule has 0 aliphatic carbocycles. The van der Waals surface area contributed by atoms with Crippen molar-refractivity contribution in [2.75, 3.05) is 46.4 Å². The first kappa shape index (κ1) is 16.4. The quantitative estimate of drug-likeness (QED) is 0.685. The third-order valence-corrected chi connectivity index (χ3v) is 3.98. The molecule has 0 spiro atoms. The summed E-state index contributed by atoms with van der Waals surface area (Å²) < 4.78 is 5.07. The highest BCUT2D eigenvalue weighted by Crippen LogP contribution is 2.09. The number of ether oxygens (including phenoxy) is 1. The fraction of sp³-hybridized carbons (Fsp3) is 0.929. The summed E-state index contributed by atoms with van der Waals surface area (Å²) in [6.07, 6.45) is 1.20. The van der Waals surface area contributed by atoms with Gasteiger partial charge in [-0.2, -0.15) is 0 Å². The Morgan fingerprint density at radius 1 is 1.26 bits per heavy atom. The minimum Gasteiger partial charge on any atom is -0.465 e. The normalized spacial score (nSPS) is 21.1. The number of hydrogen-bond donors (Lipinski definition) is 1. The molecule has 1 rings (SSSR count). The van der Waals surface area contributed by atoms with E-state index < -0.39 is 0 Å². The fourth-order valence-corrected chi connectivity index (χ4v) is 2.43. The van der Waals surface area contributed by atoms with E-state index >= 15 is 0 Å². The molecule has 0 aromatic heterocycles. The van der Waals surface area contributed by atoms with Gasteiger partial charge in [0.25, 0.3) is 0 Å². The predicted octanol–water partition coefficient (Wildman–Crippen LogP) is 0.554. The Hall–Kier alpha value is -0.650. The van der Waals surface area contributed by atoms with Gasteiger partial charge in [-0.15, -0.1) is 0 Å². The first-order valence-electron chi connectivity index (χ1n) is 7.42. The monoisotopic (exact) mass is 271 g/mol. The Bertz CT molecular complexity index is 265. The smallest absolute Gasteiger partial charge is 0.324 e. The van der Waals surface area contributed by atoms with Crippen molar-refractivity contribution in [3.05, 3.63) is 0 Å². The lowest BCUT2D eigenvalue weighted by atomic mass is 10.1. The predicted molar refractivity (Wildman–Crippen MR) is 77.2 cm³/mol. The van der Waals surface area contributed by atoms with Crippen LogP contribution in [0.2, 0.25) is 0 Å². The number of carbonyl (C=O) groups is 1. The standard InChI is InChI=1S/C14H29N3O2/c1-5-12(3)17-9-7-16(8-10-17)11-13(15-4)14(18)19-6-2/h12-13,15H,5-11H2,1-4H3. The summed E-state index contributed by atoms with van der Waals surface area (Å²) in [5.41, 5.74) is 0. The first-order chi connectivity index (χ1) is 9.12. The van der Waals surface area contributed by atoms with Gasteiger partial charge >= 0.3 is 5.97 Å².